The van der Waals surface area contributed by atoms with E-state index in [9.17, 15) is 4.79 Å². The van der Waals surface area contributed by atoms with Crippen LogP contribution in [0.3, 0.4) is 0 Å². The van der Waals surface area contributed by atoms with E-state index in [2.05, 4.69) is 15.5 Å². The van der Waals surface area contributed by atoms with Gasteiger partial charge in [0.05, 0.1) is 17.9 Å². The van der Waals surface area contributed by atoms with Crippen LogP contribution in [0.15, 0.2) is 23.0 Å². The Labute approximate surface area is 109 Å². The van der Waals surface area contributed by atoms with Crippen LogP contribution in [0.5, 0.6) is 0 Å². The summed E-state index contributed by atoms with van der Waals surface area (Å²) < 4.78 is 6.73. The third-order valence-electron chi connectivity index (χ3n) is 3.70. The summed E-state index contributed by atoms with van der Waals surface area (Å²) in [7, 11) is 0. The molecule has 1 saturated heterocycles. The minimum absolute atomic E-state index is 0.115. The molecule has 19 heavy (non-hydrogen) atoms. The van der Waals surface area contributed by atoms with Crippen LogP contribution < -0.4 is 0 Å². The summed E-state index contributed by atoms with van der Waals surface area (Å²) in [5.41, 5.74) is 1.08. The van der Waals surface area contributed by atoms with Gasteiger partial charge in [-0.3, -0.25) is 4.79 Å². The van der Waals surface area contributed by atoms with Gasteiger partial charge in [0.15, 0.2) is 0 Å². The Kier molecular flexibility index (Phi) is 2.20. The van der Waals surface area contributed by atoms with Crippen LogP contribution in [0, 0.1) is 0 Å². The van der Waals surface area contributed by atoms with E-state index in [0.29, 0.717) is 19.0 Å². The molecule has 98 valence electrons. The number of hydrogen-bond acceptors (Lipinski definition) is 5. The quantitative estimate of drug-likeness (QED) is 0.816. The van der Waals surface area contributed by atoms with Gasteiger partial charge in [-0.15, -0.1) is 5.10 Å². The molecule has 2 aromatic rings. The normalized spacial score (nSPS) is 19.5. The molecule has 1 saturated carbocycles. The van der Waals surface area contributed by atoms with Crippen molar-refractivity contribution >= 4 is 5.91 Å². The number of carbonyl (C=O) groups is 1. The molecule has 0 radical (unpaired) electrons. The van der Waals surface area contributed by atoms with Crippen molar-refractivity contribution in [2.45, 2.75) is 24.8 Å². The molecule has 0 atom stereocenters. The van der Waals surface area contributed by atoms with E-state index >= 15 is 0 Å². The van der Waals surface area contributed by atoms with Crippen molar-refractivity contribution in [3.8, 4) is 0 Å². The van der Waals surface area contributed by atoms with E-state index in [1.807, 2.05) is 10.9 Å². The van der Waals surface area contributed by atoms with Crippen molar-refractivity contribution in [3.05, 3.63) is 29.9 Å². The van der Waals surface area contributed by atoms with Crippen LogP contribution in [0.1, 0.15) is 41.1 Å². The molecule has 2 aromatic heterocycles. The van der Waals surface area contributed by atoms with E-state index < -0.39 is 0 Å². The average Bonchev–Trinajstić information content (AvgIpc) is 2.90. The lowest BCUT2D eigenvalue weighted by atomic mass is 10.1. The first-order valence-corrected chi connectivity index (χ1v) is 6.43. The van der Waals surface area contributed by atoms with E-state index in [4.69, 9.17) is 4.52 Å². The monoisotopic (exact) mass is 259 g/mol. The first-order valence-electron chi connectivity index (χ1n) is 6.43. The zero-order valence-electron chi connectivity index (χ0n) is 10.3. The SMILES string of the molecule is O=C(c1ccno1)N1CC(n2cc(C3CC3)nn2)C1. The molecule has 1 aliphatic carbocycles. The van der Waals surface area contributed by atoms with Crippen LogP contribution in [-0.4, -0.2) is 44.0 Å². The lowest BCUT2D eigenvalue weighted by Crippen LogP contribution is -2.50. The Hall–Kier alpha value is -2.18. The Morgan fingerprint density at radius 1 is 1.37 bits per heavy atom. The second kappa shape index (κ2) is 3.91. The van der Waals surface area contributed by atoms with E-state index in [0.717, 1.165) is 5.69 Å². The van der Waals surface area contributed by atoms with Gasteiger partial charge in [-0.2, -0.15) is 0 Å². The van der Waals surface area contributed by atoms with Crippen LogP contribution >= 0.6 is 0 Å². The van der Waals surface area contributed by atoms with Crippen molar-refractivity contribution in [3.63, 3.8) is 0 Å². The highest BCUT2D eigenvalue weighted by molar-refractivity contribution is 5.91. The largest absolute Gasteiger partial charge is 0.351 e. The van der Waals surface area contributed by atoms with Gasteiger partial charge in [0, 0.05) is 31.3 Å². The van der Waals surface area contributed by atoms with Gasteiger partial charge in [-0.25, -0.2) is 4.68 Å². The molecule has 0 unspecified atom stereocenters. The fourth-order valence-electron chi connectivity index (χ4n) is 2.31. The van der Waals surface area contributed by atoms with E-state index in [1.54, 1.807) is 11.0 Å². The molecule has 4 rings (SSSR count). The number of amides is 1. The van der Waals surface area contributed by atoms with Crippen molar-refractivity contribution in [2.24, 2.45) is 0 Å². The molecule has 7 heteroatoms. The van der Waals surface area contributed by atoms with Crippen molar-refractivity contribution < 1.29 is 9.32 Å². The molecule has 2 fully saturated rings. The summed E-state index contributed by atoms with van der Waals surface area (Å²) in [4.78, 5) is 13.7. The molecule has 0 spiro atoms. The molecule has 0 N–H and O–H groups in total. The highest BCUT2D eigenvalue weighted by atomic mass is 16.5. The molecule has 2 aliphatic rings. The van der Waals surface area contributed by atoms with Crippen LogP contribution in [0.2, 0.25) is 0 Å². The van der Waals surface area contributed by atoms with E-state index in [-0.39, 0.29) is 17.7 Å². The van der Waals surface area contributed by atoms with Crippen molar-refractivity contribution in [1.29, 1.82) is 0 Å². The third-order valence-corrected chi connectivity index (χ3v) is 3.70. The molecule has 0 aromatic carbocycles. The lowest BCUT2D eigenvalue weighted by Gasteiger charge is -2.38. The Balaban J connectivity index is 1.40. The second-order valence-electron chi connectivity index (χ2n) is 5.14. The minimum Gasteiger partial charge on any atom is -0.351 e. The summed E-state index contributed by atoms with van der Waals surface area (Å²) in [5, 5.41) is 11.9. The maximum absolute atomic E-state index is 11.9. The predicted octanol–water partition coefficient (Wildman–Crippen LogP) is 0.841. The van der Waals surface area contributed by atoms with Gasteiger partial charge in [-0.05, 0) is 12.8 Å². The lowest BCUT2D eigenvalue weighted by molar-refractivity contribution is 0.0458. The Bertz CT molecular complexity index is 595. The summed E-state index contributed by atoms with van der Waals surface area (Å²) in [5.74, 6) is 0.785. The number of likely N-dealkylation sites (tertiary alicyclic amines) is 1. The Morgan fingerprint density at radius 3 is 2.89 bits per heavy atom. The summed E-state index contributed by atoms with van der Waals surface area (Å²) in [6.07, 6.45) is 5.93. The highest BCUT2D eigenvalue weighted by Gasteiger charge is 2.35. The fourth-order valence-corrected chi connectivity index (χ4v) is 2.31. The number of carbonyl (C=O) groups excluding carboxylic acids is 1. The third kappa shape index (κ3) is 1.81. The Morgan fingerprint density at radius 2 is 2.21 bits per heavy atom. The van der Waals surface area contributed by atoms with Gasteiger partial charge < -0.3 is 9.42 Å². The van der Waals surface area contributed by atoms with Crippen molar-refractivity contribution in [2.75, 3.05) is 13.1 Å². The molecule has 3 heterocycles. The van der Waals surface area contributed by atoms with Crippen molar-refractivity contribution in [1.82, 2.24) is 25.1 Å². The highest BCUT2D eigenvalue weighted by Crippen LogP contribution is 2.39. The minimum atomic E-state index is -0.115. The molecule has 1 aliphatic heterocycles. The number of nitrogens with zero attached hydrogens (tertiary/aromatic N) is 5. The molecule has 1 amide bonds. The fraction of sp³-hybridized carbons (Fsp3) is 0.500. The molecular formula is C12H13N5O2. The van der Waals surface area contributed by atoms with Gasteiger partial charge in [0.2, 0.25) is 5.76 Å². The maximum atomic E-state index is 11.9. The summed E-state index contributed by atoms with van der Waals surface area (Å²) in [6.45, 7) is 1.29. The smallest absolute Gasteiger partial charge is 0.292 e. The maximum Gasteiger partial charge on any atom is 0.292 e. The zero-order valence-corrected chi connectivity index (χ0v) is 10.3. The molecule has 0 bridgehead atoms. The predicted molar refractivity (Wildman–Crippen MR) is 63.4 cm³/mol. The number of hydrogen-bond donors (Lipinski definition) is 0. The zero-order chi connectivity index (χ0) is 12.8. The first kappa shape index (κ1) is 10.7. The average molecular weight is 259 g/mol. The van der Waals surface area contributed by atoms with Crippen LogP contribution in [-0.2, 0) is 0 Å². The van der Waals surface area contributed by atoms with E-state index in [1.165, 1.54) is 19.0 Å². The number of rotatable bonds is 3. The first-order chi connectivity index (χ1) is 9.31. The topological polar surface area (TPSA) is 77.0 Å². The van der Waals surface area contributed by atoms with Gasteiger partial charge in [-0.1, -0.05) is 10.4 Å². The van der Waals surface area contributed by atoms with Crippen LogP contribution in [0.25, 0.3) is 0 Å². The van der Waals surface area contributed by atoms with Gasteiger partial charge >= 0.3 is 0 Å². The van der Waals surface area contributed by atoms with Gasteiger partial charge in [0.1, 0.15) is 0 Å². The van der Waals surface area contributed by atoms with Crippen LogP contribution in [0.4, 0.5) is 0 Å². The number of aromatic nitrogens is 4. The van der Waals surface area contributed by atoms with Gasteiger partial charge in [0.25, 0.3) is 5.91 Å². The molecule has 7 nitrogen and oxygen atoms in total. The second-order valence-corrected chi connectivity index (χ2v) is 5.14. The summed E-state index contributed by atoms with van der Waals surface area (Å²) >= 11 is 0. The molecular weight excluding hydrogens is 246 g/mol. The summed E-state index contributed by atoms with van der Waals surface area (Å²) in [6, 6.07) is 1.81. The standard InChI is InChI=1S/C12H13N5O2/c18-12(11-3-4-13-19-11)16-5-9(6-16)17-7-10(14-15-17)8-1-2-8/h3-4,7-9H,1-2,5-6H2.